The van der Waals surface area contributed by atoms with Crippen molar-refractivity contribution in [2.45, 2.75) is 13.5 Å². The number of hydrazone groups is 1. The van der Waals surface area contributed by atoms with E-state index in [1.54, 1.807) is 30.6 Å². The van der Waals surface area contributed by atoms with Gasteiger partial charge in [0.1, 0.15) is 6.61 Å². The molecule has 0 saturated carbocycles. The number of pyridine rings is 1. The molecule has 1 heterocycles. The Morgan fingerprint density at radius 3 is 2.70 bits per heavy atom. The van der Waals surface area contributed by atoms with Crippen molar-refractivity contribution in [3.63, 3.8) is 0 Å². The summed E-state index contributed by atoms with van der Waals surface area (Å²) in [6, 6.07) is 14.3. The lowest BCUT2D eigenvalue weighted by molar-refractivity contribution is 0.0955. The van der Waals surface area contributed by atoms with E-state index < -0.39 is 0 Å². The molecule has 8 heteroatoms. The van der Waals surface area contributed by atoms with Crippen molar-refractivity contribution in [1.29, 1.82) is 0 Å². The maximum atomic E-state index is 12.1. The molecule has 0 atom stereocenters. The normalized spacial score (nSPS) is 10.8. The Bertz CT molecular complexity index is 1050. The maximum absolute atomic E-state index is 12.1. The fourth-order valence-corrected chi connectivity index (χ4v) is 3.33. The molecule has 0 bridgehead atoms. The minimum Gasteiger partial charge on any atom is -0.490 e. The highest BCUT2D eigenvalue weighted by atomic mass is 79.9. The van der Waals surface area contributed by atoms with Gasteiger partial charge in [-0.25, -0.2) is 5.43 Å². The Labute approximate surface area is 188 Å². The molecule has 0 aliphatic carbocycles. The molecule has 1 amide bonds. The van der Waals surface area contributed by atoms with Gasteiger partial charge in [0.2, 0.25) is 0 Å². The minimum absolute atomic E-state index is 0.299. The van der Waals surface area contributed by atoms with Crippen LogP contribution >= 0.6 is 27.5 Å². The van der Waals surface area contributed by atoms with Crippen LogP contribution in [0.2, 0.25) is 5.02 Å². The van der Waals surface area contributed by atoms with Crippen molar-refractivity contribution in [2.75, 3.05) is 6.61 Å². The van der Waals surface area contributed by atoms with Gasteiger partial charge in [-0.3, -0.25) is 9.78 Å². The van der Waals surface area contributed by atoms with Crippen LogP contribution in [0.25, 0.3) is 0 Å². The van der Waals surface area contributed by atoms with E-state index in [9.17, 15) is 4.79 Å². The van der Waals surface area contributed by atoms with E-state index in [0.29, 0.717) is 39.8 Å². The van der Waals surface area contributed by atoms with Gasteiger partial charge in [0.05, 0.1) is 17.3 Å². The van der Waals surface area contributed by atoms with Crippen LogP contribution in [0.3, 0.4) is 0 Å². The number of amides is 1. The quantitative estimate of drug-likeness (QED) is 0.348. The van der Waals surface area contributed by atoms with Crippen molar-refractivity contribution in [3.8, 4) is 11.5 Å². The van der Waals surface area contributed by atoms with E-state index in [0.717, 1.165) is 11.1 Å². The van der Waals surface area contributed by atoms with Crippen molar-refractivity contribution in [1.82, 2.24) is 10.4 Å². The zero-order valence-electron chi connectivity index (χ0n) is 16.1. The van der Waals surface area contributed by atoms with Gasteiger partial charge in [0, 0.05) is 28.5 Å². The van der Waals surface area contributed by atoms with Gasteiger partial charge in [-0.2, -0.15) is 5.10 Å². The first-order chi connectivity index (χ1) is 14.6. The Morgan fingerprint density at radius 1 is 1.20 bits per heavy atom. The largest absolute Gasteiger partial charge is 0.490 e. The lowest BCUT2D eigenvalue weighted by Gasteiger charge is -2.15. The fraction of sp³-hybridized carbons (Fsp3) is 0.136. The van der Waals surface area contributed by atoms with Gasteiger partial charge in [0.25, 0.3) is 5.91 Å². The molecule has 0 unspecified atom stereocenters. The number of hydrogen-bond acceptors (Lipinski definition) is 5. The van der Waals surface area contributed by atoms with Gasteiger partial charge in [-0.1, -0.05) is 29.8 Å². The van der Waals surface area contributed by atoms with Crippen molar-refractivity contribution >= 4 is 39.7 Å². The second kappa shape index (κ2) is 10.8. The third kappa shape index (κ3) is 5.81. The average Bonchev–Trinajstić information content (AvgIpc) is 2.75. The molecule has 0 aliphatic heterocycles. The van der Waals surface area contributed by atoms with Gasteiger partial charge in [-0.15, -0.1) is 0 Å². The average molecular weight is 489 g/mol. The maximum Gasteiger partial charge on any atom is 0.271 e. The van der Waals surface area contributed by atoms with E-state index in [1.807, 2.05) is 37.3 Å². The lowest BCUT2D eigenvalue weighted by atomic mass is 10.2. The molecule has 6 nitrogen and oxygen atoms in total. The predicted octanol–water partition coefficient (Wildman–Crippen LogP) is 5.24. The molecule has 1 N–H and O–H groups in total. The molecule has 3 aromatic rings. The second-order valence-corrected chi connectivity index (χ2v) is 7.34. The Hall–Kier alpha value is -2.90. The zero-order valence-corrected chi connectivity index (χ0v) is 18.5. The SMILES string of the molecule is CCOc1cc(/C=N\NC(=O)c2ccncc2)cc(Br)c1OCc1ccccc1Cl. The minimum atomic E-state index is -0.322. The number of nitrogens with one attached hydrogen (secondary N) is 1. The first-order valence-electron chi connectivity index (χ1n) is 9.14. The van der Waals surface area contributed by atoms with E-state index in [1.165, 1.54) is 6.21 Å². The number of rotatable bonds is 8. The smallest absolute Gasteiger partial charge is 0.271 e. The van der Waals surface area contributed by atoms with Crippen LogP contribution < -0.4 is 14.9 Å². The highest BCUT2D eigenvalue weighted by molar-refractivity contribution is 9.10. The molecule has 3 rings (SSSR count). The molecular formula is C22H19BrClN3O3. The summed E-state index contributed by atoms with van der Waals surface area (Å²) in [5.41, 5.74) is 4.56. The van der Waals surface area contributed by atoms with Gasteiger partial charge >= 0.3 is 0 Å². The number of nitrogens with zero attached hydrogens (tertiary/aromatic N) is 2. The van der Waals surface area contributed by atoms with Crippen molar-refractivity contribution in [2.24, 2.45) is 5.10 Å². The summed E-state index contributed by atoms with van der Waals surface area (Å²) in [5.74, 6) is 0.799. The molecule has 0 saturated heterocycles. The van der Waals surface area contributed by atoms with E-state index in [2.05, 4.69) is 31.4 Å². The number of aromatic nitrogens is 1. The molecule has 0 radical (unpaired) electrons. The highest BCUT2D eigenvalue weighted by Crippen LogP contribution is 2.37. The third-order valence-electron chi connectivity index (χ3n) is 3.98. The Morgan fingerprint density at radius 2 is 1.97 bits per heavy atom. The summed E-state index contributed by atoms with van der Waals surface area (Å²) in [6.07, 6.45) is 4.63. The molecule has 2 aromatic carbocycles. The predicted molar refractivity (Wildman–Crippen MR) is 120 cm³/mol. The summed E-state index contributed by atoms with van der Waals surface area (Å²) in [4.78, 5) is 15.9. The monoisotopic (exact) mass is 487 g/mol. The third-order valence-corrected chi connectivity index (χ3v) is 4.94. The zero-order chi connectivity index (χ0) is 21.3. The number of carbonyl (C=O) groups excluding carboxylic acids is 1. The number of ether oxygens (including phenoxy) is 2. The Kier molecular flexibility index (Phi) is 7.82. The molecule has 154 valence electrons. The van der Waals surface area contributed by atoms with Crippen molar-refractivity contribution in [3.05, 3.63) is 87.1 Å². The standard InChI is InChI=1S/C22H19BrClN3O3/c1-2-29-20-12-15(13-26-27-22(28)16-7-9-25-10-8-16)11-18(23)21(20)30-14-17-5-3-4-6-19(17)24/h3-13H,2,14H2,1H3,(H,27,28)/b26-13-. The number of carbonyl (C=O) groups is 1. The van der Waals surface area contributed by atoms with Crippen LogP contribution in [0.5, 0.6) is 11.5 Å². The molecule has 1 aromatic heterocycles. The van der Waals surface area contributed by atoms with Crippen LogP contribution in [0.15, 0.2) is 70.5 Å². The summed E-state index contributed by atoms with van der Waals surface area (Å²) < 4.78 is 12.4. The van der Waals surface area contributed by atoms with Gasteiger partial charge < -0.3 is 9.47 Å². The summed E-state index contributed by atoms with van der Waals surface area (Å²) >= 11 is 9.73. The molecule has 0 fully saturated rings. The van der Waals surface area contributed by atoms with Gasteiger partial charge in [-0.05, 0) is 58.7 Å². The molecule has 0 spiro atoms. The summed E-state index contributed by atoms with van der Waals surface area (Å²) in [7, 11) is 0. The van der Waals surface area contributed by atoms with E-state index in [4.69, 9.17) is 21.1 Å². The van der Waals surface area contributed by atoms with Crippen LogP contribution in [0.1, 0.15) is 28.4 Å². The van der Waals surface area contributed by atoms with Crippen LogP contribution in [0.4, 0.5) is 0 Å². The molecule has 30 heavy (non-hydrogen) atoms. The van der Waals surface area contributed by atoms with E-state index >= 15 is 0 Å². The topological polar surface area (TPSA) is 72.8 Å². The molecular weight excluding hydrogens is 470 g/mol. The first-order valence-corrected chi connectivity index (χ1v) is 10.3. The van der Waals surface area contributed by atoms with E-state index in [-0.39, 0.29) is 5.91 Å². The summed E-state index contributed by atoms with van der Waals surface area (Å²) in [5, 5.41) is 4.65. The molecule has 0 aliphatic rings. The lowest BCUT2D eigenvalue weighted by Crippen LogP contribution is -2.17. The first kappa shape index (κ1) is 21.8. The highest BCUT2D eigenvalue weighted by Gasteiger charge is 2.13. The number of benzene rings is 2. The number of hydrogen-bond donors (Lipinski definition) is 1. The summed E-state index contributed by atoms with van der Waals surface area (Å²) in [6.45, 7) is 2.66. The fourth-order valence-electron chi connectivity index (χ4n) is 2.56. The van der Waals surface area contributed by atoms with Crippen LogP contribution in [-0.2, 0) is 6.61 Å². The second-order valence-electron chi connectivity index (χ2n) is 6.08. The van der Waals surface area contributed by atoms with Crippen LogP contribution in [0, 0.1) is 0 Å². The van der Waals surface area contributed by atoms with Gasteiger partial charge in [0.15, 0.2) is 11.5 Å². The van der Waals surface area contributed by atoms with Crippen molar-refractivity contribution < 1.29 is 14.3 Å². The van der Waals surface area contributed by atoms with Crippen LogP contribution in [-0.4, -0.2) is 23.7 Å². The number of halogens is 2. The Balaban J connectivity index is 1.73.